The molecule has 0 atom stereocenters. The largest absolute Gasteiger partial charge is 0.474 e. The van der Waals surface area contributed by atoms with Crippen LogP contribution in [-0.2, 0) is 4.74 Å². The minimum atomic E-state index is 0. The maximum Gasteiger partial charge on any atom is 0.118 e. The summed E-state index contributed by atoms with van der Waals surface area (Å²) < 4.78 is 4.45. The summed E-state index contributed by atoms with van der Waals surface area (Å²) in [6.45, 7) is 6.51. The molecule has 66 valence electrons. The van der Waals surface area contributed by atoms with Crippen LogP contribution in [0, 0.1) is 0 Å². The third-order valence-corrected chi connectivity index (χ3v) is 0.935. The number of ether oxygens (including phenoxy) is 1. The van der Waals surface area contributed by atoms with E-state index in [1.165, 1.54) is 12.5 Å². The lowest BCUT2D eigenvalue weighted by Gasteiger charge is -1.76. The quantitative estimate of drug-likeness (QED) is 0.642. The van der Waals surface area contributed by atoms with Crippen LogP contribution in [0.4, 0.5) is 4.70 Å². The zero-order chi connectivity index (χ0) is 8.41. The first-order valence-corrected chi connectivity index (χ1v) is 3.37. The highest BCUT2D eigenvalue weighted by Crippen LogP contribution is 2.05. The van der Waals surface area contributed by atoms with Crippen LogP contribution in [0.2, 0.25) is 0 Å². The van der Waals surface area contributed by atoms with E-state index >= 15 is 0 Å². The number of halogens is 4. The molecule has 0 aliphatic carbocycles. The first-order valence-electron chi connectivity index (χ1n) is 2.17. The Balaban J connectivity index is -0.000000107. The lowest BCUT2D eigenvalue weighted by Crippen LogP contribution is -1.52. The summed E-state index contributed by atoms with van der Waals surface area (Å²) in [5.41, 5.74) is 1.09. The second kappa shape index (κ2) is 16.4. The predicted octanol–water partition coefficient (Wildman–Crippen LogP) is 3.94. The zero-order valence-electron chi connectivity index (χ0n) is 5.60. The minimum absolute atomic E-state index is 0. The van der Waals surface area contributed by atoms with E-state index in [1.54, 1.807) is 0 Å². The molecule has 0 aliphatic heterocycles. The molecule has 0 aromatic carbocycles. The van der Waals surface area contributed by atoms with Crippen molar-refractivity contribution in [2.75, 3.05) is 0 Å². The van der Waals surface area contributed by atoms with Crippen molar-refractivity contribution in [2.24, 2.45) is 0 Å². The van der Waals surface area contributed by atoms with Crippen LogP contribution >= 0.6 is 34.8 Å². The Kier molecular flexibility index (Phi) is 25.5. The van der Waals surface area contributed by atoms with E-state index in [0.717, 1.165) is 5.54 Å². The molecule has 0 saturated carbocycles. The van der Waals surface area contributed by atoms with Crippen LogP contribution in [-0.4, -0.2) is 0 Å². The maximum absolute atomic E-state index is 4.96. The molecule has 0 saturated heterocycles. The molecule has 0 unspecified atom stereocenters. The molecule has 1 nitrogen and oxygen atoms in total. The Morgan fingerprint density at radius 1 is 1.18 bits per heavy atom. The van der Waals surface area contributed by atoms with Gasteiger partial charge in [0.15, 0.2) is 0 Å². The van der Waals surface area contributed by atoms with Gasteiger partial charge in [0.2, 0.25) is 0 Å². The molecule has 0 rings (SSSR count). The summed E-state index contributed by atoms with van der Waals surface area (Å²) in [6.07, 6.45) is 2.62. The van der Waals surface area contributed by atoms with Crippen molar-refractivity contribution in [1.82, 2.24) is 0 Å². The Labute approximate surface area is 80.3 Å². The van der Waals surface area contributed by atoms with E-state index in [9.17, 15) is 0 Å². The molecular formula is C6H8Cl3FO. The van der Waals surface area contributed by atoms with Crippen LogP contribution in [0.5, 0.6) is 0 Å². The molecule has 0 radical (unpaired) electrons. The van der Waals surface area contributed by atoms with E-state index in [2.05, 4.69) is 17.9 Å². The fourth-order valence-corrected chi connectivity index (χ4v) is 0.0680. The minimum Gasteiger partial charge on any atom is -0.474 e. The van der Waals surface area contributed by atoms with E-state index in [-0.39, 0.29) is 9.20 Å². The van der Waals surface area contributed by atoms with Gasteiger partial charge in [0.1, 0.15) is 4.49 Å². The van der Waals surface area contributed by atoms with Crippen molar-refractivity contribution in [2.45, 2.75) is 0 Å². The van der Waals surface area contributed by atoms with Crippen LogP contribution in [0.15, 0.2) is 35.7 Å². The van der Waals surface area contributed by atoms with E-state index in [1.807, 2.05) is 0 Å². The highest BCUT2D eigenvalue weighted by molar-refractivity contribution is 6.58. The van der Waals surface area contributed by atoms with Gasteiger partial charge in [-0.15, -0.1) is 0 Å². The van der Waals surface area contributed by atoms with Gasteiger partial charge in [-0.2, -0.15) is 0 Å². The van der Waals surface area contributed by atoms with Crippen LogP contribution in [0.1, 0.15) is 0 Å². The average Bonchev–Trinajstić information content (AvgIpc) is 1.91. The third kappa shape index (κ3) is 41.2. The molecule has 5 heteroatoms. The topological polar surface area (TPSA) is 9.23 Å². The van der Waals surface area contributed by atoms with Crippen molar-refractivity contribution in [3.63, 3.8) is 0 Å². The van der Waals surface area contributed by atoms with Gasteiger partial charge in [-0.1, -0.05) is 48.0 Å². The molecule has 0 aromatic heterocycles. The van der Waals surface area contributed by atoms with Gasteiger partial charge in [-0.05, 0) is 0 Å². The van der Waals surface area contributed by atoms with Gasteiger partial charge < -0.3 is 4.74 Å². The van der Waals surface area contributed by atoms with Gasteiger partial charge in [0.05, 0.1) is 12.5 Å². The number of hydrogen-bond donors (Lipinski definition) is 0. The summed E-state index contributed by atoms with van der Waals surface area (Å²) >= 11 is 14.8. The lowest BCUT2D eigenvalue weighted by molar-refractivity contribution is 0.406. The Hall–Kier alpha value is -0.180. The Morgan fingerprint density at radius 3 is 1.45 bits per heavy atom. The first-order chi connectivity index (χ1) is 4.68. The van der Waals surface area contributed by atoms with Crippen molar-refractivity contribution >= 4 is 34.8 Å². The SMILES string of the molecule is C=COC=C.ClC=C(Cl)Cl.F. The Morgan fingerprint density at radius 2 is 1.45 bits per heavy atom. The molecule has 0 aromatic rings. The summed E-state index contributed by atoms with van der Waals surface area (Å²) in [5.74, 6) is 0. The maximum atomic E-state index is 4.96. The third-order valence-electron chi connectivity index (χ3n) is 0.275. The standard InChI is InChI=1S/C4H6O.C2HCl3.FH/c1-3-5-4-2;3-1-2(4)5;/h3-4H,1-2H2;1H;1H. The van der Waals surface area contributed by atoms with Crippen molar-refractivity contribution in [1.29, 1.82) is 0 Å². The van der Waals surface area contributed by atoms with Crippen molar-refractivity contribution in [3.8, 4) is 0 Å². The van der Waals surface area contributed by atoms with E-state index in [4.69, 9.17) is 34.8 Å². The molecular weight excluding hydrogens is 213 g/mol. The molecule has 0 heterocycles. The highest BCUT2D eigenvalue weighted by Gasteiger charge is 1.70. The Bertz CT molecular complexity index is 115. The van der Waals surface area contributed by atoms with Gasteiger partial charge in [0, 0.05) is 5.54 Å². The van der Waals surface area contributed by atoms with Crippen molar-refractivity contribution in [3.05, 3.63) is 35.7 Å². The number of hydrogen-bond acceptors (Lipinski definition) is 1. The smallest absolute Gasteiger partial charge is 0.118 e. The predicted molar refractivity (Wildman–Crippen MR) is 49.6 cm³/mol. The molecule has 0 spiro atoms. The molecule has 0 bridgehead atoms. The molecule has 0 amide bonds. The normalized spacial score (nSPS) is 5.73. The highest BCUT2D eigenvalue weighted by atomic mass is 35.5. The average molecular weight is 221 g/mol. The molecule has 0 fully saturated rings. The number of rotatable bonds is 2. The van der Waals surface area contributed by atoms with Crippen LogP contribution in [0.3, 0.4) is 0 Å². The summed E-state index contributed by atoms with van der Waals surface area (Å²) in [4.78, 5) is 0. The zero-order valence-corrected chi connectivity index (χ0v) is 7.86. The van der Waals surface area contributed by atoms with Crippen LogP contribution in [0.25, 0.3) is 0 Å². The van der Waals surface area contributed by atoms with Crippen molar-refractivity contribution < 1.29 is 9.44 Å². The van der Waals surface area contributed by atoms with E-state index < -0.39 is 0 Å². The van der Waals surface area contributed by atoms with Gasteiger partial charge in [0.25, 0.3) is 0 Å². The molecule has 11 heavy (non-hydrogen) atoms. The van der Waals surface area contributed by atoms with Crippen LogP contribution < -0.4 is 0 Å². The summed E-state index contributed by atoms with van der Waals surface area (Å²) in [7, 11) is 0. The second-order valence-corrected chi connectivity index (χ2v) is 2.09. The lowest BCUT2D eigenvalue weighted by atomic mass is 11.1. The molecule has 0 N–H and O–H groups in total. The summed E-state index contributed by atoms with van der Waals surface area (Å²) in [5, 5.41) is 0. The second-order valence-electron chi connectivity index (χ2n) is 0.868. The summed E-state index contributed by atoms with van der Waals surface area (Å²) in [6, 6.07) is 0. The monoisotopic (exact) mass is 220 g/mol. The van der Waals surface area contributed by atoms with Gasteiger partial charge >= 0.3 is 0 Å². The molecule has 0 aliphatic rings. The first kappa shape index (κ1) is 17.1. The van der Waals surface area contributed by atoms with Gasteiger partial charge in [-0.25, -0.2) is 0 Å². The van der Waals surface area contributed by atoms with E-state index in [0.29, 0.717) is 0 Å². The van der Waals surface area contributed by atoms with Gasteiger partial charge in [-0.3, -0.25) is 4.70 Å². The fraction of sp³-hybridized carbons (Fsp3) is 0. The fourth-order valence-electron chi connectivity index (χ4n) is 0.0680.